The van der Waals surface area contributed by atoms with Crippen molar-refractivity contribution in [1.29, 1.82) is 0 Å². The number of morpholine rings is 1. The number of rotatable bonds is 1. The van der Waals surface area contributed by atoms with E-state index >= 15 is 0 Å². The van der Waals surface area contributed by atoms with Gasteiger partial charge in [0.1, 0.15) is 0 Å². The summed E-state index contributed by atoms with van der Waals surface area (Å²) in [4.78, 5) is 14.5. The number of hydrogen-bond donors (Lipinski definition) is 1. The summed E-state index contributed by atoms with van der Waals surface area (Å²) in [6, 6.07) is 0.222. The van der Waals surface area contributed by atoms with E-state index in [-0.39, 0.29) is 11.5 Å². The largest absolute Gasteiger partial charge is 0.377 e. The second-order valence-electron chi connectivity index (χ2n) is 5.26. The zero-order valence-corrected chi connectivity index (χ0v) is 10.3. The van der Waals surface area contributed by atoms with Crippen LogP contribution in [-0.4, -0.2) is 49.7 Å². The first-order chi connectivity index (χ1) is 7.63. The van der Waals surface area contributed by atoms with Crippen LogP contribution in [0.4, 0.5) is 0 Å². The Kier molecular flexibility index (Phi) is 3.50. The average Bonchev–Trinajstić information content (AvgIpc) is 2.30. The van der Waals surface area contributed by atoms with Crippen molar-refractivity contribution in [3.05, 3.63) is 0 Å². The number of piperidine rings is 1. The van der Waals surface area contributed by atoms with Gasteiger partial charge in [-0.05, 0) is 33.2 Å². The van der Waals surface area contributed by atoms with E-state index in [0.717, 1.165) is 32.5 Å². The minimum atomic E-state index is -0.205. The Morgan fingerprint density at radius 3 is 3.00 bits per heavy atom. The van der Waals surface area contributed by atoms with Crippen molar-refractivity contribution in [3.8, 4) is 0 Å². The molecule has 0 radical (unpaired) electrons. The van der Waals surface area contributed by atoms with Crippen molar-refractivity contribution in [2.75, 3.05) is 32.8 Å². The second-order valence-corrected chi connectivity index (χ2v) is 5.26. The Balaban J connectivity index is 2.04. The summed E-state index contributed by atoms with van der Waals surface area (Å²) in [5.74, 6) is 0.301. The molecule has 4 heteroatoms. The molecule has 2 fully saturated rings. The highest BCUT2D eigenvalue weighted by Crippen LogP contribution is 2.29. The van der Waals surface area contributed by atoms with Crippen LogP contribution >= 0.6 is 0 Å². The van der Waals surface area contributed by atoms with Gasteiger partial charge in [0.05, 0.1) is 24.7 Å². The molecule has 4 nitrogen and oxygen atoms in total. The lowest BCUT2D eigenvalue weighted by atomic mass is 9.81. The SMILES string of the molecule is CC1COCCN1C(=O)C1(C)CCCNC1. The van der Waals surface area contributed by atoms with Crippen LogP contribution in [0.25, 0.3) is 0 Å². The summed E-state index contributed by atoms with van der Waals surface area (Å²) < 4.78 is 5.37. The van der Waals surface area contributed by atoms with Crippen LogP contribution in [0.2, 0.25) is 0 Å². The van der Waals surface area contributed by atoms with Gasteiger partial charge in [0.2, 0.25) is 5.91 Å². The Morgan fingerprint density at radius 1 is 1.56 bits per heavy atom. The summed E-state index contributed by atoms with van der Waals surface area (Å²) in [5, 5.41) is 3.33. The molecule has 2 rings (SSSR count). The van der Waals surface area contributed by atoms with Crippen molar-refractivity contribution in [1.82, 2.24) is 10.2 Å². The van der Waals surface area contributed by atoms with E-state index < -0.39 is 0 Å². The summed E-state index contributed by atoms with van der Waals surface area (Å²) in [6.07, 6.45) is 2.10. The third kappa shape index (κ3) is 2.23. The van der Waals surface area contributed by atoms with E-state index in [1.54, 1.807) is 0 Å². The van der Waals surface area contributed by atoms with Crippen molar-refractivity contribution < 1.29 is 9.53 Å². The number of carbonyl (C=O) groups is 1. The third-order valence-corrected chi connectivity index (χ3v) is 3.74. The smallest absolute Gasteiger partial charge is 0.230 e. The lowest BCUT2D eigenvalue weighted by Gasteiger charge is -2.41. The molecule has 0 saturated carbocycles. The van der Waals surface area contributed by atoms with Gasteiger partial charge in [0.25, 0.3) is 0 Å². The van der Waals surface area contributed by atoms with Crippen LogP contribution in [0.15, 0.2) is 0 Å². The molecular weight excluding hydrogens is 204 g/mol. The molecular formula is C12H22N2O2. The standard InChI is InChI=1S/C12H22N2O2/c1-10-8-16-7-6-14(10)11(15)12(2)4-3-5-13-9-12/h10,13H,3-9H2,1-2H3. The topological polar surface area (TPSA) is 41.6 Å². The van der Waals surface area contributed by atoms with E-state index in [2.05, 4.69) is 19.2 Å². The van der Waals surface area contributed by atoms with Crippen molar-refractivity contribution in [2.24, 2.45) is 5.41 Å². The molecule has 2 unspecified atom stereocenters. The summed E-state index contributed by atoms with van der Waals surface area (Å²) >= 11 is 0. The Labute approximate surface area is 97.3 Å². The molecule has 16 heavy (non-hydrogen) atoms. The number of amides is 1. The predicted molar refractivity (Wildman–Crippen MR) is 62.2 cm³/mol. The zero-order chi connectivity index (χ0) is 11.6. The lowest BCUT2D eigenvalue weighted by Crippen LogP contribution is -2.56. The molecule has 0 spiro atoms. The first-order valence-electron chi connectivity index (χ1n) is 6.23. The molecule has 2 aliphatic rings. The molecule has 2 heterocycles. The van der Waals surface area contributed by atoms with Crippen LogP contribution in [0.1, 0.15) is 26.7 Å². The Bertz CT molecular complexity index is 262. The van der Waals surface area contributed by atoms with Gasteiger partial charge in [0, 0.05) is 13.1 Å². The minimum Gasteiger partial charge on any atom is -0.377 e. The molecule has 92 valence electrons. The molecule has 1 N–H and O–H groups in total. The van der Waals surface area contributed by atoms with Crippen molar-refractivity contribution in [2.45, 2.75) is 32.7 Å². The van der Waals surface area contributed by atoms with Crippen molar-refractivity contribution >= 4 is 5.91 Å². The van der Waals surface area contributed by atoms with Crippen LogP contribution in [0.3, 0.4) is 0 Å². The first-order valence-corrected chi connectivity index (χ1v) is 6.23. The van der Waals surface area contributed by atoms with Gasteiger partial charge < -0.3 is 15.0 Å². The number of nitrogens with one attached hydrogen (secondary N) is 1. The van der Waals surface area contributed by atoms with E-state index in [1.165, 1.54) is 0 Å². The van der Waals surface area contributed by atoms with Crippen molar-refractivity contribution in [3.63, 3.8) is 0 Å². The van der Waals surface area contributed by atoms with Gasteiger partial charge in [-0.15, -0.1) is 0 Å². The van der Waals surface area contributed by atoms with Crippen LogP contribution in [0.5, 0.6) is 0 Å². The van der Waals surface area contributed by atoms with Crippen LogP contribution < -0.4 is 5.32 Å². The third-order valence-electron chi connectivity index (χ3n) is 3.74. The van der Waals surface area contributed by atoms with E-state index in [4.69, 9.17) is 4.74 Å². The van der Waals surface area contributed by atoms with E-state index in [0.29, 0.717) is 19.1 Å². The predicted octanol–water partition coefficient (Wildman–Crippen LogP) is 0.623. The number of nitrogens with zero attached hydrogens (tertiary/aromatic N) is 1. The summed E-state index contributed by atoms with van der Waals surface area (Å²) in [7, 11) is 0. The molecule has 0 aromatic carbocycles. The summed E-state index contributed by atoms with van der Waals surface area (Å²) in [6.45, 7) is 8.11. The van der Waals surface area contributed by atoms with Gasteiger partial charge in [-0.2, -0.15) is 0 Å². The fourth-order valence-corrected chi connectivity index (χ4v) is 2.61. The van der Waals surface area contributed by atoms with E-state index in [9.17, 15) is 4.79 Å². The fraction of sp³-hybridized carbons (Fsp3) is 0.917. The Morgan fingerprint density at radius 2 is 2.38 bits per heavy atom. The van der Waals surface area contributed by atoms with E-state index in [1.807, 2.05) is 4.90 Å². The maximum absolute atomic E-state index is 12.5. The highest BCUT2D eigenvalue weighted by atomic mass is 16.5. The normalized spacial score (nSPS) is 36.1. The van der Waals surface area contributed by atoms with Crippen LogP contribution in [0, 0.1) is 5.41 Å². The monoisotopic (exact) mass is 226 g/mol. The Hall–Kier alpha value is -0.610. The lowest BCUT2D eigenvalue weighted by molar-refractivity contribution is -0.150. The number of ether oxygens (including phenoxy) is 1. The minimum absolute atomic E-state index is 0.205. The maximum Gasteiger partial charge on any atom is 0.230 e. The maximum atomic E-state index is 12.5. The molecule has 2 atom stereocenters. The highest BCUT2D eigenvalue weighted by molar-refractivity contribution is 5.83. The molecule has 2 saturated heterocycles. The number of carbonyl (C=O) groups excluding carboxylic acids is 1. The highest BCUT2D eigenvalue weighted by Gasteiger charge is 2.39. The molecule has 0 bridgehead atoms. The molecule has 2 aliphatic heterocycles. The molecule has 1 amide bonds. The first kappa shape index (κ1) is 11.9. The van der Waals surface area contributed by atoms with Gasteiger partial charge in [0.15, 0.2) is 0 Å². The van der Waals surface area contributed by atoms with Crippen LogP contribution in [-0.2, 0) is 9.53 Å². The van der Waals surface area contributed by atoms with Gasteiger partial charge in [-0.1, -0.05) is 0 Å². The second kappa shape index (κ2) is 4.72. The molecule has 0 aliphatic carbocycles. The average molecular weight is 226 g/mol. The number of hydrogen-bond acceptors (Lipinski definition) is 3. The molecule has 0 aromatic heterocycles. The summed E-state index contributed by atoms with van der Waals surface area (Å²) in [5.41, 5.74) is -0.205. The molecule has 0 aromatic rings. The fourth-order valence-electron chi connectivity index (χ4n) is 2.61. The zero-order valence-electron chi connectivity index (χ0n) is 10.3. The quantitative estimate of drug-likeness (QED) is 0.713. The van der Waals surface area contributed by atoms with Gasteiger partial charge >= 0.3 is 0 Å². The van der Waals surface area contributed by atoms with Gasteiger partial charge in [-0.25, -0.2) is 0 Å². The van der Waals surface area contributed by atoms with Gasteiger partial charge in [-0.3, -0.25) is 4.79 Å².